The summed E-state index contributed by atoms with van der Waals surface area (Å²) in [4.78, 5) is 22.2. The molecule has 28 heavy (non-hydrogen) atoms. The highest BCUT2D eigenvalue weighted by atomic mass is 16.6. The monoisotopic (exact) mass is 385 g/mol. The fourth-order valence-corrected chi connectivity index (χ4v) is 2.36. The minimum atomic E-state index is -0.504. The average Bonchev–Trinajstić information content (AvgIpc) is 3.25. The van der Waals surface area contributed by atoms with Gasteiger partial charge < -0.3 is 5.73 Å². The van der Waals surface area contributed by atoms with Crippen molar-refractivity contribution in [2.24, 2.45) is 5.10 Å². The van der Waals surface area contributed by atoms with Crippen LogP contribution in [0.2, 0.25) is 0 Å². The Hall–Kier alpha value is -4.16. The Morgan fingerprint density at radius 1 is 1.36 bits per heavy atom. The molecule has 1 amide bonds. The number of carbonyl (C=O) groups excluding carboxylic acids is 1. The topological polar surface area (TPSA) is 180 Å². The zero-order valence-electron chi connectivity index (χ0n) is 14.9. The quantitative estimate of drug-likeness (QED) is 0.347. The van der Waals surface area contributed by atoms with Crippen LogP contribution in [0.4, 0.5) is 11.5 Å². The van der Waals surface area contributed by atoms with Gasteiger partial charge in [-0.2, -0.15) is 9.78 Å². The van der Waals surface area contributed by atoms with Crippen LogP contribution in [0.1, 0.15) is 23.9 Å². The van der Waals surface area contributed by atoms with Crippen molar-refractivity contribution in [2.45, 2.75) is 20.3 Å². The van der Waals surface area contributed by atoms with E-state index in [4.69, 9.17) is 5.73 Å². The average molecular weight is 385 g/mol. The zero-order chi connectivity index (χ0) is 20.3. The van der Waals surface area contributed by atoms with Crippen LogP contribution in [-0.4, -0.2) is 41.8 Å². The summed E-state index contributed by atoms with van der Waals surface area (Å²) in [5.74, 6) is -0.125. The smallest absolute Gasteiger partial charge is 0.269 e. The molecule has 1 aromatic carbocycles. The summed E-state index contributed by atoms with van der Waals surface area (Å²) in [7, 11) is 0. The predicted molar refractivity (Wildman–Crippen MR) is 95.5 cm³/mol. The molecule has 3 rings (SSSR count). The van der Waals surface area contributed by atoms with Crippen LogP contribution in [0.3, 0.4) is 0 Å². The minimum Gasteiger partial charge on any atom is -0.378 e. The molecule has 0 fully saturated rings. The molecule has 3 N–H and O–H groups in total. The molecule has 0 unspecified atom stereocenters. The maximum absolute atomic E-state index is 12.0. The number of hydrazone groups is 1. The van der Waals surface area contributed by atoms with Gasteiger partial charge >= 0.3 is 0 Å². The van der Waals surface area contributed by atoms with Gasteiger partial charge in [0, 0.05) is 12.1 Å². The Kier molecular flexibility index (Phi) is 5.06. The molecule has 2 heterocycles. The standard InChI is InChI=1S/C15H15N9O4/c1-8(13-9(2)23(22-19-13)15-14(16)20-28-21-15)17-18-12(25)7-10-3-5-11(6-4-10)24(26)27/h3-6H,7H2,1-2H3,(H2,16,20)(H,18,25)/b17-8+. The lowest BCUT2D eigenvalue weighted by molar-refractivity contribution is -0.384. The van der Waals surface area contributed by atoms with E-state index in [0.29, 0.717) is 22.7 Å². The van der Waals surface area contributed by atoms with Crippen molar-refractivity contribution < 1.29 is 14.3 Å². The molecular weight excluding hydrogens is 370 g/mol. The van der Waals surface area contributed by atoms with Crippen LogP contribution in [-0.2, 0) is 11.2 Å². The van der Waals surface area contributed by atoms with Gasteiger partial charge in [0.05, 0.1) is 22.7 Å². The molecule has 0 radical (unpaired) electrons. The Bertz CT molecular complexity index is 1050. The molecule has 144 valence electrons. The number of non-ortho nitro benzene ring substituents is 1. The van der Waals surface area contributed by atoms with Crippen LogP contribution in [0.25, 0.3) is 5.82 Å². The van der Waals surface area contributed by atoms with Crippen molar-refractivity contribution in [3.8, 4) is 5.82 Å². The third-order valence-corrected chi connectivity index (χ3v) is 3.79. The van der Waals surface area contributed by atoms with Crippen molar-refractivity contribution >= 4 is 23.1 Å². The summed E-state index contributed by atoms with van der Waals surface area (Å²) >= 11 is 0. The van der Waals surface area contributed by atoms with Gasteiger partial charge in [-0.25, -0.2) is 10.1 Å². The van der Waals surface area contributed by atoms with Gasteiger partial charge in [0.15, 0.2) is 0 Å². The SMILES string of the molecule is C/C(=N\NC(=O)Cc1ccc([N+](=O)[O-])cc1)c1nnn(-c2nonc2N)c1C. The molecule has 3 aromatic rings. The number of rotatable bonds is 6. The summed E-state index contributed by atoms with van der Waals surface area (Å²) in [6.45, 7) is 3.37. The summed E-state index contributed by atoms with van der Waals surface area (Å²) in [6, 6.07) is 5.70. The van der Waals surface area contributed by atoms with Crippen LogP contribution in [0.15, 0.2) is 34.0 Å². The van der Waals surface area contributed by atoms with Gasteiger partial charge in [0.1, 0.15) is 5.69 Å². The van der Waals surface area contributed by atoms with Crippen molar-refractivity contribution in [1.29, 1.82) is 0 Å². The summed E-state index contributed by atoms with van der Waals surface area (Å²) in [5, 5.41) is 29.7. The van der Waals surface area contributed by atoms with Crippen molar-refractivity contribution in [2.75, 3.05) is 5.73 Å². The van der Waals surface area contributed by atoms with Gasteiger partial charge in [0.2, 0.25) is 17.5 Å². The Balaban J connectivity index is 1.67. The number of anilines is 1. The molecule has 2 aromatic heterocycles. The van der Waals surface area contributed by atoms with E-state index >= 15 is 0 Å². The summed E-state index contributed by atoms with van der Waals surface area (Å²) in [5.41, 5.74) is 10.1. The molecule has 0 aliphatic heterocycles. The second kappa shape index (κ2) is 7.61. The molecule has 0 aliphatic rings. The number of nitrogens with one attached hydrogen (secondary N) is 1. The van der Waals surface area contributed by atoms with E-state index in [-0.39, 0.29) is 29.7 Å². The molecule has 0 aliphatic carbocycles. The fourth-order valence-electron chi connectivity index (χ4n) is 2.36. The number of nitro groups is 1. The number of nitrogens with two attached hydrogens (primary N) is 1. The summed E-state index contributed by atoms with van der Waals surface area (Å²) < 4.78 is 5.89. The van der Waals surface area contributed by atoms with Crippen LogP contribution in [0.5, 0.6) is 0 Å². The maximum atomic E-state index is 12.0. The number of hydrogen-bond donors (Lipinski definition) is 2. The lowest BCUT2D eigenvalue weighted by Gasteiger charge is -2.03. The maximum Gasteiger partial charge on any atom is 0.269 e. The number of hydrogen-bond acceptors (Lipinski definition) is 10. The van der Waals surface area contributed by atoms with E-state index in [1.54, 1.807) is 13.8 Å². The van der Waals surface area contributed by atoms with Crippen molar-refractivity contribution in [3.05, 3.63) is 51.3 Å². The first-order valence-corrected chi connectivity index (χ1v) is 7.94. The van der Waals surface area contributed by atoms with E-state index in [0.717, 1.165) is 0 Å². The number of carbonyl (C=O) groups is 1. The fraction of sp³-hybridized carbons (Fsp3) is 0.200. The predicted octanol–water partition coefficient (Wildman–Crippen LogP) is 0.532. The lowest BCUT2D eigenvalue weighted by atomic mass is 10.1. The highest BCUT2D eigenvalue weighted by Gasteiger charge is 2.18. The number of nitrogen functional groups attached to an aromatic ring is 1. The molecule has 0 saturated carbocycles. The lowest BCUT2D eigenvalue weighted by Crippen LogP contribution is -2.21. The van der Waals surface area contributed by atoms with E-state index in [2.05, 4.69) is 35.8 Å². The first kappa shape index (κ1) is 18.6. The van der Waals surface area contributed by atoms with Gasteiger partial charge in [0.25, 0.3) is 5.69 Å². The highest BCUT2D eigenvalue weighted by Crippen LogP contribution is 2.15. The zero-order valence-corrected chi connectivity index (χ0v) is 14.9. The van der Waals surface area contributed by atoms with E-state index < -0.39 is 4.92 Å². The molecular formula is C15H15N9O4. The number of amides is 1. The normalized spacial score (nSPS) is 11.4. The third-order valence-electron chi connectivity index (χ3n) is 3.79. The molecule has 0 atom stereocenters. The van der Waals surface area contributed by atoms with E-state index in [1.165, 1.54) is 28.9 Å². The summed E-state index contributed by atoms with van der Waals surface area (Å²) in [6.07, 6.45) is 0.0155. The second-order valence-corrected chi connectivity index (χ2v) is 5.74. The van der Waals surface area contributed by atoms with E-state index in [9.17, 15) is 14.9 Å². The largest absolute Gasteiger partial charge is 0.378 e. The molecule has 0 bridgehead atoms. The molecule has 0 saturated heterocycles. The van der Waals surface area contributed by atoms with Crippen molar-refractivity contribution in [1.82, 2.24) is 30.7 Å². The first-order chi connectivity index (χ1) is 13.4. The minimum absolute atomic E-state index is 0.0155. The third kappa shape index (κ3) is 3.82. The Labute approximate surface area is 157 Å². The number of nitro benzene ring substituents is 1. The van der Waals surface area contributed by atoms with Crippen LogP contribution >= 0.6 is 0 Å². The Morgan fingerprint density at radius 2 is 2.07 bits per heavy atom. The first-order valence-electron chi connectivity index (χ1n) is 7.94. The van der Waals surface area contributed by atoms with Gasteiger partial charge in [-0.1, -0.05) is 17.3 Å². The molecule has 0 spiro atoms. The molecule has 13 heteroatoms. The second-order valence-electron chi connectivity index (χ2n) is 5.74. The number of aromatic nitrogens is 5. The molecule has 13 nitrogen and oxygen atoms in total. The number of benzene rings is 1. The van der Waals surface area contributed by atoms with Gasteiger partial charge in [-0.3, -0.25) is 14.9 Å². The van der Waals surface area contributed by atoms with Crippen LogP contribution in [0, 0.1) is 17.0 Å². The van der Waals surface area contributed by atoms with Gasteiger partial charge in [-0.15, -0.1) is 5.10 Å². The number of nitrogens with zero attached hydrogens (tertiary/aromatic N) is 7. The highest BCUT2D eigenvalue weighted by molar-refractivity contribution is 5.98. The van der Waals surface area contributed by atoms with Crippen molar-refractivity contribution in [3.63, 3.8) is 0 Å². The van der Waals surface area contributed by atoms with E-state index in [1.807, 2.05) is 0 Å². The Morgan fingerprint density at radius 3 is 2.68 bits per heavy atom. The van der Waals surface area contributed by atoms with Gasteiger partial charge in [-0.05, 0) is 29.7 Å². The van der Waals surface area contributed by atoms with Crippen LogP contribution < -0.4 is 11.2 Å².